The molecular weight excluding hydrogens is 467 g/mol. The van der Waals surface area contributed by atoms with Gasteiger partial charge in [0.15, 0.2) is 0 Å². The minimum absolute atomic E-state index is 0.0779. The lowest BCUT2D eigenvalue weighted by molar-refractivity contribution is 0.345. The molecule has 1 saturated heterocycles. The first kappa shape index (κ1) is 22.7. The Kier molecular flexibility index (Phi) is 6.72. The molecule has 1 aromatic carbocycles. The van der Waals surface area contributed by atoms with Gasteiger partial charge in [-0.2, -0.15) is 0 Å². The molecule has 0 amide bonds. The summed E-state index contributed by atoms with van der Waals surface area (Å²) >= 11 is 11.8. The molecule has 4 aromatic heterocycles. The summed E-state index contributed by atoms with van der Waals surface area (Å²) in [6.45, 7) is 2.05. The molecule has 1 atom stereocenters. The van der Waals surface area contributed by atoms with Crippen molar-refractivity contribution >= 4 is 51.0 Å². The first-order chi connectivity index (χ1) is 16.6. The van der Waals surface area contributed by atoms with Gasteiger partial charge < -0.3 is 20.6 Å². The number of fused-ring (bicyclic) bond motifs is 2. The SMILES string of the molecule is Clc1ccnc2[nH]ccc12.NC(c1ccc(Cl)cc1)C1CCN(c2ccnc3[nH]ccc23)CC1. The molecule has 1 unspecified atom stereocenters. The van der Waals surface area contributed by atoms with Crippen molar-refractivity contribution in [1.29, 1.82) is 0 Å². The summed E-state index contributed by atoms with van der Waals surface area (Å²) in [6, 6.07) is 15.9. The van der Waals surface area contributed by atoms with Crippen molar-refractivity contribution in [1.82, 2.24) is 19.9 Å². The molecule has 0 aliphatic carbocycles. The van der Waals surface area contributed by atoms with Crippen LogP contribution >= 0.6 is 23.2 Å². The van der Waals surface area contributed by atoms with E-state index in [-0.39, 0.29) is 6.04 Å². The molecule has 0 bridgehead atoms. The van der Waals surface area contributed by atoms with Crippen LogP contribution in [0.2, 0.25) is 10.0 Å². The van der Waals surface area contributed by atoms with Crippen molar-refractivity contribution in [3.63, 3.8) is 0 Å². The van der Waals surface area contributed by atoms with E-state index in [1.807, 2.05) is 48.9 Å². The third-order valence-electron chi connectivity index (χ3n) is 6.49. The molecule has 0 spiro atoms. The summed E-state index contributed by atoms with van der Waals surface area (Å²) in [5.41, 5.74) is 10.7. The van der Waals surface area contributed by atoms with Gasteiger partial charge >= 0.3 is 0 Å². The van der Waals surface area contributed by atoms with Crippen LogP contribution in [-0.2, 0) is 0 Å². The van der Waals surface area contributed by atoms with Gasteiger partial charge in [0.2, 0.25) is 0 Å². The number of piperidine rings is 1. The molecule has 5 heterocycles. The lowest BCUT2D eigenvalue weighted by atomic mass is 9.86. The van der Waals surface area contributed by atoms with Crippen LogP contribution in [0.5, 0.6) is 0 Å². The predicted molar refractivity (Wildman–Crippen MR) is 141 cm³/mol. The van der Waals surface area contributed by atoms with Crippen molar-refractivity contribution in [3.05, 3.63) is 88.9 Å². The van der Waals surface area contributed by atoms with Gasteiger partial charge in [-0.25, -0.2) is 9.97 Å². The van der Waals surface area contributed by atoms with Gasteiger partial charge in [-0.15, -0.1) is 0 Å². The molecule has 5 aromatic rings. The highest BCUT2D eigenvalue weighted by Crippen LogP contribution is 2.33. The van der Waals surface area contributed by atoms with Crippen LogP contribution in [-0.4, -0.2) is 33.0 Å². The van der Waals surface area contributed by atoms with Crippen LogP contribution in [0.4, 0.5) is 5.69 Å². The Morgan fingerprint density at radius 1 is 0.824 bits per heavy atom. The van der Waals surface area contributed by atoms with Crippen LogP contribution < -0.4 is 10.6 Å². The molecule has 0 radical (unpaired) electrons. The first-order valence-electron chi connectivity index (χ1n) is 11.4. The number of hydrogen-bond acceptors (Lipinski definition) is 4. The number of aromatic amines is 2. The minimum Gasteiger partial charge on any atom is -0.371 e. The Labute approximate surface area is 208 Å². The Hall–Kier alpha value is -3.06. The maximum Gasteiger partial charge on any atom is 0.139 e. The Morgan fingerprint density at radius 2 is 1.44 bits per heavy atom. The van der Waals surface area contributed by atoms with E-state index in [0.29, 0.717) is 5.92 Å². The zero-order chi connectivity index (χ0) is 23.5. The van der Waals surface area contributed by atoms with Gasteiger partial charge in [-0.1, -0.05) is 35.3 Å². The topological polar surface area (TPSA) is 86.6 Å². The zero-order valence-electron chi connectivity index (χ0n) is 18.6. The quantitative estimate of drug-likeness (QED) is 0.273. The van der Waals surface area contributed by atoms with Crippen LogP contribution in [0.3, 0.4) is 0 Å². The largest absolute Gasteiger partial charge is 0.371 e. The maximum atomic E-state index is 6.50. The van der Waals surface area contributed by atoms with Crippen LogP contribution in [0.1, 0.15) is 24.4 Å². The fourth-order valence-electron chi connectivity index (χ4n) is 4.61. The van der Waals surface area contributed by atoms with Gasteiger partial charge in [0.1, 0.15) is 11.3 Å². The van der Waals surface area contributed by atoms with E-state index >= 15 is 0 Å². The summed E-state index contributed by atoms with van der Waals surface area (Å²) in [6.07, 6.45) is 9.52. The number of nitrogens with two attached hydrogens (primary N) is 1. The average molecular weight is 493 g/mol. The highest BCUT2D eigenvalue weighted by atomic mass is 35.5. The number of benzene rings is 1. The smallest absolute Gasteiger partial charge is 0.139 e. The molecule has 34 heavy (non-hydrogen) atoms. The lowest BCUT2D eigenvalue weighted by Gasteiger charge is -2.36. The maximum absolute atomic E-state index is 6.50. The predicted octanol–water partition coefficient (Wildman–Crippen LogP) is 6.35. The lowest BCUT2D eigenvalue weighted by Crippen LogP contribution is -2.37. The van der Waals surface area contributed by atoms with Gasteiger partial charge in [0.25, 0.3) is 0 Å². The van der Waals surface area contributed by atoms with Gasteiger partial charge in [0, 0.05) is 65.4 Å². The van der Waals surface area contributed by atoms with Gasteiger partial charge in [-0.05, 0) is 60.7 Å². The van der Waals surface area contributed by atoms with E-state index in [9.17, 15) is 0 Å². The Balaban J connectivity index is 0.000000200. The van der Waals surface area contributed by atoms with E-state index in [1.54, 1.807) is 12.3 Å². The summed E-state index contributed by atoms with van der Waals surface area (Å²) in [5, 5.41) is 3.67. The monoisotopic (exact) mass is 492 g/mol. The average Bonchev–Trinajstić information content (AvgIpc) is 3.55. The number of hydrogen-bond donors (Lipinski definition) is 3. The summed E-state index contributed by atoms with van der Waals surface area (Å²) in [4.78, 5) is 17.0. The Bertz CT molecular complexity index is 1370. The van der Waals surface area contributed by atoms with E-state index in [1.165, 1.54) is 16.6 Å². The highest BCUT2D eigenvalue weighted by Gasteiger charge is 2.26. The third kappa shape index (κ3) is 4.75. The number of nitrogens with one attached hydrogen (secondary N) is 2. The Morgan fingerprint density at radius 3 is 2.12 bits per heavy atom. The van der Waals surface area contributed by atoms with E-state index in [2.05, 4.69) is 37.0 Å². The fraction of sp³-hybridized carbons (Fsp3) is 0.231. The second-order valence-electron chi connectivity index (χ2n) is 8.50. The summed E-state index contributed by atoms with van der Waals surface area (Å²) < 4.78 is 0. The summed E-state index contributed by atoms with van der Waals surface area (Å²) in [7, 11) is 0. The van der Waals surface area contributed by atoms with Crippen LogP contribution in [0.15, 0.2) is 73.3 Å². The molecule has 6 nitrogen and oxygen atoms in total. The second-order valence-corrected chi connectivity index (χ2v) is 9.35. The van der Waals surface area contributed by atoms with E-state index in [0.717, 1.165) is 52.7 Å². The molecule has 8 heteroatoms. The number of H-pyrrole nitrogens is 2. The highest BCUT2D eigenvalue weighted by molar-refractivity contribution is 6.35. The van der Waals surface area contributed by atoms with Gasteiger partial charge in [-0.3, -0.25) is 0 Å². The standard InChI is InChI=1S/C19H21ClN4.C7H5ClN2/c20-15-3-1-13(2-4-15)18(21)14-7-11-24(12-8-14)17-6-10-23-19-16(17)5-9-22-19;8-6-2-4-10-7-5(6)1-3-9-7/h1-6,9-10,14,18H,7-8,11-12,21H2,(H,22,23);1-4H,(H,9,10). The summed E-state index contributed by atoms with van der Waals surface area (Å²) in [5.74, 6) is 0.506. The van der Waals surface area contributed by atoms with E-state index in [4.69, 9.17) is 28.9 Å². The number of halogens is 2. The fourth-order valence-corrected chi connectivity index (χ4v) is 4.94. The van der Waals surface area contributed by atoms with Crippen LogP contribution in [0, 0.1) is 5.92 Å². The number of rotatable bonds is 3. The third-order valence-corrected chi connectivity index (χ3v) is 7.07. The van der Waals surface area contributed by atoms with Crippen LogP contribution in [0.25, 0.3) is 22.1 Å². The normalized spacial score (nSPS) is 15.3. The molecule has 1 fully saturated rings. The second kappa shape index (κ2) is 10.1. The molecule has 4 N–H and O–H groups in total. The van der Waals surface area contributed by atoms with E-state index < -0.39 is 0 Å². The van der Waals surface area contributed by atoms with Crippen molar-refractivity contribution in [2.75, 3.05) is 18.0 Å². The van der Waals surface area contributed by atoms with Crippen molar-refractivity contribution in [2.45, 2.75) is 18.9 Å². The zero-order valence-corrected chi connectivity index (χ0v) is 20.1. The molecule has 0 saturated carbocycles. The number of anilines is 1. The molecule has 174 valence electrons. The van der Waals surface area contributed by atoms with Crippen molar-refractivity contribution in [2.24, 2.45) is 11.7 Å². The molecule has 6 rings (SSSR count). The van der Waals surface area contributed by atoms with Gasteiger partial charge in [0.05, 0.1) is 5.02 Å². The first-order valence-corrected chi connectivity index (χ1v) is 12.1. The minimum atomic E-state index is 0.0779. The molecule has 1 aliphatic heterocycles. The molecular formula is C26H26Cl2N6. The number of pyridine rings is 2. The number of aromatic nitrogens is 4. The number of nitrogens with zero attached hydrogens (tertiary/aromatic N) is 3. The molecule has 1 aliphatic rings. The van der Waals surface area contributed by atoms with Crippen molar-refractivity contribution < 1.29 is 0 Å². The van der Waals surface area contributed by atoms with Crippen molar-refractivity contribution in [3.8, 4) is 0 Å².